The molecular weight excluding hydrogens is 334 g/mol. The lowest BCUT2D eigenvalue weighted by molar-refractivity contribution is 0.194. The van der Waals surface area contributed by atoms with Crippen molar-refractivity contribution in [1.82, 2.24) is 4.98 Å². The number of aromatic nitrogens is 1. The second-order valence-corrected chi connectivity index (χ2v) is 5.91. The third-order valence-corrected chi connectivity index (χ3v) is 4.54. The largest absolute Gasteiger partial charge is 0.493 e. The van der Waals surface area contributed by atoms with E-state index in [9.17, 15) is 5.26 Å². The first-order chi connectivity index (χ1) is 12.6. The molecule has 0 saturated carbocycles. The molecular formula is C19H21N3O4. The summed E-state index contributed by atoms with van der Waals surface area (Å²) in [4.78, 5) is 4.42. The smallest absolute Gasteiger partial charge is 0.203 e. The number of nitriles is 1. The zero-order valence-electron chi connectivity index (χ0n) is 15.0. The lowest BCUT2D eigenvalue weighted by Crippen LogP contribution is -2.07. The van der Waals surface area contributed by atoms with Gasteiger partial charge in [0.25, 0.3) is 0 Å². The van der Waals surface area contributed by atoms with E-state index in [4.69, 9.17) is 24.7 Å². The molecule has 1 saturated heterocycles. The molecule has 7 nitrogen and oxygen atoms in total. The van der Waals surface area contributed by atoms with Crippen molar-refractivity contribution in [3.63, 3.8) is 0 Å². The van der Waals surface area contributed by atoms with E-state index in [1.807, 2.05) is 12.1 Å². The first-order valence-electron chi connectivity index (χ1n) is 8.22. The van der Waals surface area contributed by atoms with Crippen LogP contribution >= 0.6 is 0 Å². The maximum atomic E-state index is 9.50. The summed E-state index contributed by atoms with van der Waals surface area (Å²) in [5.41, 5.74) is 8.66. The Labute approximate surface area is 152 Å². The van der Waals surface area contributed by atoms with E-state index in [2.05, 4.69) is 11.1 Å². The molecule has 0 bridgehead atoms. The van der Waals surface area contributed by atoms with Crippen molar-refractivity contribution in [3.05, 3.63) is 29.3 Å². The molecule has 2 aromatic rings. The van der Waals surface area contributed by atoms with Crippen molar-refractivity contribution in [1.29, 1.82) is 5.26 Å². The van der Waals surface area contributed by atoms with E-state index < -0.39 is 0 Å². The SMILES string of the molecule is COc1ccc(-c2cc([C@H]3CCOC3)c(C#N)c(N)n2)c(OC)c1OC. The summed E-state index contributed by atoms with van der Waals surface area (Å²) in [5.74, 6) is 1.85. The molecule has 1 fully saturated rings. The van der Waals surface area contributed by atoms with Crippen LogP contribution in [0.2, 0.25) is 0 Å². The zero-order chi connectivity index (χ0) is 18.7. The summed E-state index contributed by atoms with van der Waals surface area (Å²) < 4.78 is 21.8. The van der Waals surface area contributed by atoms with Crippen molar-refractivity contribution < 1.29 is 18.9 Å². The predicted octanol–water partition coefficient (Wildman–Crippen LogP) is 2.73. The lowest BCUT2D eigenvalue weighted by atomic mass is 9.92. The Bertz CT molecular complexity index is 855. The number of nitrogen functional groups attached to an aromatic ring is 1. The van der Waals surface area contributed by atoms with Gasteiger partial charge in [0.15, 0.2) is 11.5 Å². The highest BCUT2D eigenvalue weighted by Gasteiger charge is 2.25. The Balaban J connectivity index is 2.20. The van der Waals surface area contributed by atoms with Gasteiger partial charge < -0.3 is 24.7 Å². The molecule has 0 radical (unpaired) electrons. The van der Waals surface area contributed by atoms with Gasteiger partial charge in [-0.3, -0.25) is 0 Å². The molecule has 1 aromatic heterocycles. The van der Waals surface area contributed by atoms with Crippen LogP contribution < -0.4 is 19.9 Å². The highest BCUT2D eigenvalue weighted by atomic mass is 16.5. The molecule has 7 heteroatoms. The zero-order valence-corrected chi connectivity index (χ0v) is 15.0. The van der Waals surface area contributed by atoms with Crippen molar-refractivity contribution >= 4 is 5.82 Å². The highest BCUT2D eigenvalue weighted by molar-refractivity contribution is 5.76. The van der Waals surface area contributed by atoms with E-state index in [1.54, 1.807) is 27.4 Å². The third-order valence-electron chi connectivity index (χ3n) is 4.54. The highest BCUT2D eigenvalue weighted by Crippen LogP contribution is 2.44. The maximum absolute atomic E-state index is 9.50. The monoisotopic (exact) mass is 355 g/mol. The van der Waals surface area contributed by atoms with Crippen LogP contribution in [0.25, 0.3) is 11.3 Å². The van der Waals surface area contributed by atoms with Crippen LogP contribution in [0.4, 0.5) is 5.82 Å². The van der Waals surface area contributed by atoms with Gasteiger partial charge in [-0.25, -0.2) is 4.98 Å². The van der Waals surface area contributed by atoms with Gasteiger partial charge in [0.05, 0.1) is 39.2 Å². The van der Waals surface area contributed by atoms with Crippen LogP contribution in [0.15, 0.2) is 18.2 Å². The summed E-state index contributed by atoms with van der Waals surface area (Å²) >= 11 is 0. The summed E-state index contributed by atoms with van der Waals surface area (Å²) in [6, 6.07) is 7.68. The van der Waals surface area contributed by atoms with Gasteiger partial charge in [-0.05, 0) is 30.2 Å². The average Bonchev–Trinajstić information content (AvgIpc) is 3.20. The predicted molar refractivity (Wildman–Crippen MR) is 96.6 cm³/mol. The molecule has 1 aliphatic heterocycles. The van der Waals surface area contributed by atoms with Crippen molar-refractivity contribution in [3.8, 4) is 34.6 Å². The average molecular weight is 355 g/mol. The topological polar surface area (TPSA) is 99.6 Å². The summed E-state index contributed by atoms with van der Waals surface area (Å²) in [5, 5.41) is 9.50. The first kappa shape index (κ1) is 17.8. The fourth-order valence-corrected chi connectivity index (χ4v) is 3.25. The number of benzene rings is 1. The van der Waals surface area contributed by atoms with E-state index in [0.717, 1.165) is 12.0 Å². The Morgan fingerprint density at radius 1 is 1.19 bits per heavy atom. The fraction of sp³-hybridized carbons (Fsp3) is 0.368. The summed E-state index contributed by atoms with van der Waals surface area (Å²) in [6.45, 7) is 1.24. The van der Waals surface area contributed by atoms with Gasteiger partial charge in [-0.2, -0.15) is 5.26 Å². The molecule has 0 amide bonds. The molecule has 0 spiro atoms. The number of hydrogen-bond acceptors (Lipinski definition) is 7. The Morgan fingerprint density at radius 3 is 2.54 bits per heavy atom. The minimum Gasteiger partial charge on any atom is -0.493 e. The number of nitrogens with zero attached hydrogens (tertiary/aromatic N) is 2. The van der Waals surface area contributed by atoms with Crippen LogP contribution in [0.5, 0.6) is 17.2 Å². The van der Waals surface area contributed by atoms with Crippen LogP contribution in [-0.2, 0) is 4.74 Å². The second kappa shape index (κ2) is 7.50. The van der Waals surface area contributed by atoms with Gasteiger partial charge >= 0.3 is 0 Å². The number of anilines is 1. The third kappa shape index (κ3) is 3.00. The molecule has 0 aliphatic carbocycles. The Hall–Kier alpha value is -2.98. The van der Waals surface area contributed by atoms with Crippen LogP contribution in [0.3, 0.4) is 0 Å². The number of pyridine rings is 1. The Kier molecular flexibility index (Phi) is 5.14. The molecule has 2 N–H and O–H groups in total. The van der Waals surface area contributed by atoms with Crippen molar-refractivity contribution in [2.24, 2.45) is 0 Å². The minimum absolute atomic E-state index is 0.125. The molecule has 136 valence electrons. The van der Waals surface area contributed by atoms with Crippen LogP contribution in [0, 0.1) is 11.3 Å². The van der Waals surface area contributed by atoms with Crippen molar-refractivity contribution in [2.45, 2.75) is 12.3 Å². The minimum atomic E-state index is 0.125. The number of hydrogen-bond donors (Lipinski definition) is 1. The van der Waals surface area contributed by atoms with Crippen molar-refractivity contribution in [2.75, 3.05) is 40.3 Å². The Morgan fingerprint density at radius 2 is 1.96 bits per heavy atom. The summed E-state index contributed by atoms with van der Waals surface area (Å²) in [6.07, 6.45) is 0.848. The normalized spacial score (nSPS) is 16.2. The molecule has 1 aromatic carbocycles. The lowest BCUT2D eigenvalue weighted by Gasteiger charge is -2.18. The molecule has 3 rings (SSSR count). The number of rotatable bonds is 5. The van der Waals surface area contributed by atoms with E-state index in [1.165, 1.54) is 0 Å². The maximum Gasteiger partial charge on any atom is 0.203 e. The molecule has 26 heavy (non-hydrogen) atoms. The molecule has 2 heterocycles. The van der Waals surface area contributed by atoms with E-state index >= 15 is 0 Å². The van der Waals surface area contributed by atoms with Gasteiger partial charge in [-0.1, -0.05) is 0 Å². The summed E-state index contributed by atoms with van der Waals surface area (Å²) in [7, 11) is 4.67. The molecule has 1 atom stereocenters. The fourth-order valence-electron chi connectivity index (χ4n) is 3.25. The quantitative estimate of drug-likeness (QED) is 0.880. The van der Waals surface area contributed by atoms with Gasteiger partial charge in [-0.15, -0.1) is 0 Å². The van der Waals surface area contributed by atoms with E-state index in [-0.39, 0.29) is 11.7 Å². The molecule has 1 aliphatic rings. The number of ether oxygens (including phenoxy) is 4. The number of methoxy groups -OCH3 is 3. The van der Waals surface area contributed by atoms with Gasteiger partial charge in [0, 0.05) is 18.1 Å². The van der Waals surface area contributed by atoms with Crippen LogP contribution in [-0.4, -0.2) is 39.5 Å². The standard InChI is InChI=1S/C19H21N3O4/c1-23-16-5-4-12(17(24-2)18(16)25-3)15-8-13(11-6-7-26-10-11)14(9-20)19(21)22-15/h4-5,8,11H,6-7,10H2,1-3H3,(H2,21,22)/t11-/m0/s1. The van der Waals surface area contributed by atoms with Crippen LogP contribution in [0.1, 0.15) is 23.5 Å². The van der Waals surface area contributed by atoms with E-state index in [0.29, 0.717) is 47.3 Å². The number of nitrogens with two attached hydrogens (primary N) is 1. The first-order valence-corrected chi connectivity index (χ1v) is 8.22. The van der Waals surface area contributed by atoms with Gasteiger partial charge in [0.1, 0.15) is 11.9 Å². The second-order valence-electron chi connectivity index (χ2n) is 5.91. The van der Waals surface area contributed by atoms with Gasteiger partial charge in [0.2, 0.25) is 5.75 Å². The molecule has 0 unspecified atom stereocenters.